The van der Waals surface area contributed by atoms with Crippen molar-refractivity contribution in [1.82, 2.24) is 15.5 Å². The standard InChI is InChI=1S/C7H12N4OS/c1-3-4-8-6(12)9-7-11-10-5(2)13-7/h3-4H2,1-2H3,(H2,8,9,11,12). The van der Waals surface area contributed by atoms with E-state index in [2.05, 4.69) is 20.8 Å². The third kappa shape index (κ3) is 3.37. The van der Waals surface area contributed by atoms with Crippen LogP contribution in [-0.4, -0.2) is 22.8 Å². The minimum Gasteiger partial charge on any atom is -0.338 e. The number of rotatable bonds is 3. The molecule has 0 spiro atoms. The van der Waals surface area contributed by atoms with Gasteiger partial charge in [-0.3, -0.25) is 5.32 Å². The van der Waals surface area contributed by atoms with E-state index < -0.39 is 0 Å². The van der Waals surface area contributed by atoms with Gasteiger partial charge in [0, 0.05) is 6.54 Å². The molecule has 0 atom stereocenters. The van der Waals surface area contributed by atoms with Crippen LogP contribution < -0.4 is 10.6 Å². The molecule has 1 rings (SSSR count). The summed E-state index contributed by atoms with van der Waals surface area (Å²) in [6.07, 6.45) is 0.919. The SMILES string of the molecule is CCCNC(=O)Nc1nnc(C)s1. The van der Waals surface area contributed by atoms with E-state index in [-0.39, 0.29) is 6.03 Å². The summed E-state index contributed by atoms with van der Waals surface area (Å²) in [5.41, 5.74) is 0. The Labute approximate surface area is 80.6 Å². The van der Waals surface area contributed by atoms with E-state index in [1.165, 1.54) is 11.3 Å². The summed E-state index contributed by atoms with van der Waals surface area (Å²) in [5, 5.41) is 14.2. The highest BCUT2D eigenvalue weighted by atomic mass is 32.1. The van der Waals surface area contributed by atoms with Crippen LogP contribution in [0.15, 0.2) is 0 Å². The lowest BCUT2D eigenvalue weighted by molar-refractivity contribution is 0.252. The second kappa shape index (κ2) is 4.76. The minimum absolute atomic E-state index is 0.224. The minimum atomic E-state index is -0.224. The van der Waals surface area contributed by atoms with Gasteiger partial charge in [-0.15, -0.1) is 10.2 Å². The molecule has 0 unspecified atom stereocenters. The molecule has 0 fully saturated rings. The van der Waals surface area contributed by atoms with Crippen LogP contribution in [0.4, 0.5) is 9.93 Å². The highest BCUT2D eigenvalue weighted by Gasteiger charge is 2.03. The van der Waals surface area contributed by atoms with Crippen LogP contribution in [0.25, 0.3) is 0 Å². The summed E-state index contributed by atoms with van der Waals surface area (Å²) in [6.45, 7) is 4.51. The van der Waals surface area contributed by atoms with Crippen molar-refractivity contribution in [3.05, 3.63) is 5.01 Å². The molecule has 0 saturated heterocycles. The first-order chi connectivity index (χ1) is 6.22. The fourth-order valence-corrected chi connectivity index (χ4v) is 1.31. The first-order valence-electron chi connectivity index (χ1n) is 4.07. The van der Waals surface area contributed by atoms with Crippen LogP contribution in [0.2, 0.25) is 0 Å². The van der Waals surface area contributed by atoms with Crippen LogP contribution in [0, 0.1) is 6.92 Å². The van der Waals surface area contributed by atoms with Crippen LogP contribution in [0.5, 0.6) is 0 Å². The fraction of sp³-hybridized carbons (Fsp3) is 0.571. The third-order valence-corrected chi connectivity index (χ3v) is 2.04. The molecule has 0 saturated carbocycles. The summed E-state index contributed by atoms with van der Waals surface area (Å²) in [5.74, 6) is 0. The molecule has 6 heteroatoms. The maximum absolute atomic E-state index is 11.1. The Hall–Kier alpha value is -1.17. The number of carbonyl (C=O) groups excluding carboxylic acids is 1. The van der Waals surface area contributed by atoms with Crippen molar-refractivity contribution in [2.45, 2.75) is 20.3 Å². The van der Waals surface area contributed by atoms with Gasteiger partial charge in [0.15, 0.2) is 0 Å². The predicted molar refractivity (Wildman–Crippen MR) is 52.0 cm³/mol. The van der Waals surface area contributed by atoms with Gasteiger partial charge in [0.05, 0.1) is 0 Å². The Balaban J connectivity index is 2.36. The van der Waals surface area contributed by atoms with Gasteiger partial charge in [0.1, 0.15) is 5.01 Å². The Bertz CT molecular complexity index is 286. The summed E-state index contributed by atoms with van der Waals surface area (Å²) in [7, 11) is 0. The topological polar surface area (TPSA) is 66.9 Å². The molecule has 0 radical (unpaired) electrons. The van der Waals surface area contributed by atoms with Crippen molar-refractivity contribution in [1.29, 1.82) is 0 Å². The smallest absolute Gasteiger partial charge is 0.321 e. The summed E-state index contributed by atoms with van der Waals surface area (Å²) >= 11 is 1.36. The van der Waals surface area contributed by atoms with E-state index in [4.69, 9.17) is 0 Å². The normalized spacial score (nSPS) is 9.69. The highest BCUT2D eigenvalue weighted by Crippen LogP contribution is 2.12. The number of carbonyl (C=O) groups is 1. The van der Waals surface area contributed by atoms with E-state index in [0.29, 0.717) is 11.7 Å². The molecular weight excluding hydrogens is 188 g/mol. The van der Waals surface area contributed by atoms with Crippen molar-refractivity contribution < 1.29 is 4.79 Å². The van der Waals surface area contributed by atoms with Gasteiger partial charge >= 0.3 is 6.03 Å². The van der Waals surface area contributed by atoms with Gasteiger partial charge in [0.25, 0.3) is 0 Å². The first-order valence-corrected chi connectivity index (χ1v) is 4.89. The summed E-state index contributed by atoms with van der Waals surface area (Å²) in [6, 6.07) is -0.224. The zero-order valence-electron chi connectivity index (χ0n) is 7.63. The Kier molecular flexibility index (Phi) is 3.63. The molecule has 0 aliphatic carbocycles. The highest BCUT2D eigenvalue weighted by molar-refractivity contribution is 7.15. The van der Waals surface area contributed by atoms with Gasteiger partial charge in [-0.1, -0.05) is 18.3 Å². The summed E-state index contributed by atoms with van der Waals surface area (Å²) in [4.78, 5) is 11.1. The number of amides is 2. The summed E-state index contributed by atoms with van der Waals surface area (Å²) < 4.78 is 0. The molecule has 0 aliphatic rings. The van der Waals surface area contributed by atoms with Crippen molar-refractivity contribution in [3.63, 3.8) is 0 Å². The van der Waals surface area contributed by atoms with Crippen LogP contribution in [0.3, 0.4) is 0 Å². The molecule has 13 heavy (non-hydrogen) atoms. The predicted octanol–water partition coefficient (Wildman–Crippen LogP) is 1.38. The number of aryl methyl sites for hydroxylation is 1. The van der Waals surface area contributed by atoms with E-state index in [1.807, 2.05) is 13.8 Å². The van der Waals surface area contributed by atoms with E-state index in [9.17, 15) is 4.79 Å². The maximum Gasteiger partial charge on any atom is 0.321 e. The Morgan fingerprint density at radius 2 is 2.31 bits per heavy atom. The number of hydrogen-bond donors (Lipinski definition) is 2. The number of anilines is 1. The Morgan fingerprint density at radius 3 is 2.85 bits per heavy atom. The first kappa shape index (κ1) is 9.91. The number of urea groups is 1. The molecule has 72 valence electrons. The van der Waals surface area contributed by atoms with Crippen molar-refractivity contribution in [2.24, 2.45) is 0 Å². The molecule has 5 nitrogen and oxygen atoms in total. The van der Waals surface area contributed by atoms with E-state index in [1.54, 1.807) is 0 Å². The molecule has 0 aliphatic heterocycles. The maximum atomic E-state index is 11.1. The van der Waals surface area contributed by atoms with Crippen LogP contribution >= 0.6 is 11.3 Å². The molecule has 2 N–H and O–H groups in total. The third-order valence-electron chi connectivity index (χ3n) is 1.28. The molecule has 1 aromatic rings. The number of nitrogens with zero attached hydrogens (tertiary/aromatic N) is 2. The van der Waals surface area contributed by atoms with Gasteiger partial charge in [-0.25, -0.2) is 4.79 Å². The zero-order valence-corrected chi connectivity index (χ0v) is 8.44. The quantitative estimate of drug-likeness (QED) is 0.774. The van der Waals surface area contributed by atoms with Gasteiger partial charge in [0.2, 0.25) is 5.13 Å². The monoisotopic (exact) mass is 200 g/mol. The van der Waals surface area contributed by atoms with Crippen molar-refractivity contribution >= 4 is 22.5 Å². The number of nitrogens with one attached hydrogen (secondary N) is 2. The van der Waals surface area contributed by atoms with E-state index >= 15 is 0 Å². The zero-order chi connectivity index (χ0) is 9.68. The average molecular weight is 200 g/mol. The van der Waals surface area contributed by atoms with Gasteiger partial charge < -0.3 is 5.32 Å². The van der Waals surface area contributed by atoms with E-state index in [0.717, 1.165) is 11.4 Å². The molecule has 2 amide bonds. The second-order valence-corrected chi connectivity index (χ2v) is 3.69. The Morgan fingerprint density at radius 1 is 1.54 bits per heavy atom. The molecule has 1 aromatic heterocycles. The largest absolute Gasteiger partial charge is 0.338 e. The molecule has 1 heterocycles. The number of hydrogen-bond acceptors (Lipinski definition) is 4. The molecular formula is C7H12N4OS. The van der Waals surface area contributed by atoms with Crippen molar-refractivity contribution in [3.8, 4) is 0 Å². The lowest BCUT2D eigenvalue weighted by Gasteiger charge is -2.01. The number of aromatic nitrogens is 2. The van der Waals surface area contributed by atoms with Crippen LogP contribution in [-0.2, 0) is 0 Å². The average Bonchev–Trinajstić information content (AvgIpc) is 2.48. The fourth-order valence-electron chi connectivity index (χ4n) is 0.727. The lowest BCUT2D eigenvalue weighted by Crippen LogP contribution is -2.29. The lowest BCUT2D eigenvalue weighted by atomic mass is 10.5. The molecule has 0 bridgehead atoms. The van der Waals surface area contributed by atoms with Gasteiger partial charge in [-0.05, 0) is 13.3 Å². The van der Waals surface area contributed by atoms with Crippen molar-refractivity contribution in [2.75, 3.05) is 11.9 Å². The molecule has 0 aromatic carbocycles. The van der Waals surface area contributed by atoms with Crippen LogP contribution in [0.1, 0.15) is 18.4 Å². The van der Waals surface area contributed by atoms with Gasteiger partial charge in [-0.2, -0.15) is 0 Å². The second-order valence-electron chi connectivity index (χ2n) is 2.51.